The maximum Gasteiger partial charge on any atom is 0.0665 e. The maximum atomic E-state index is 10.3. The number of hydrogen-bond donors (Lipinski definition) is 6. The molecule has 60 heavy (non-hydrogen) atoms. The van der Waals surface area contributed by atoms with E-state index in [1.165, 1.54) is 206 Å². The molecule has 0 radical (unpaired) electrons. The van der Waals surface area contributed by atoms with Crippen LogP contribution in [-0.2, 0) is 0 Å². The first-order valence-electron chi connectivity index (χ1n) is 26.4. The number of nitrogens with zero attached hydrogens (tertiary/aromatic N) is 2. The van der Waals surface area contributed by atoms with Crippen LogP contribution in [0.5, 0.6) is 0 Å². The van der Waals surface area contributed by atoms with Crippen molar-refractivity contribution in [2.24, 2.45) is 23.3 Å². The summed E-state index contributed by atoms with van der Waals surface area (Å²) in [6.45, 7) is 16.6. The van der Waals surface area contributed by atoms with Crippen LogP contribution >= 0.6 is 0 Å². The average Bonchev–Trinajstić information content (AvgIpc) is 3.26. The van der Waals surface area contributed by atoms with Gasteiger partial charge in [-0.05, 0) is 141 Å². The number of hydrogen-bond acceptors (Lipinski definition) is 8. The Morgan fingerprint density at radius 3 is 1.12 bits per heavy atom. The van der Waals surface area contributed by atoms with Crippen molar-refractivity contribution in [3.63, 3.8) is 0 Å². The van der Waals surface area contributed by atoms with E-state index in [4.69, 9.17) is 11.5 Å². The maximum absolute atomic E-state index is 10.3. The van der Waals surface area contributed by atoms with Crippen molar-refractivity contribution in [2.45, 2.75) is 219 Å². The highest BCUT2D eigenvalue weighted by molar-refractivity contribution is 4.82. The van der Waals surface area contributed by atoms with Crippen LogP contribution < -0.4 is 22.1 Å². The zero-order chi connectivity index (χ0) is 43.4. The molecule has 0 aromatic carbocycles. The molecule has 1 fully saturated rings. The van der Waals surface area contributed by atoms with Gasteiger partial charge in [-0.1, -0.05) is 141 Å². The quantitative estimate of drug-likeness (QED) is 0.0265. The Morgan fingerprint density at radius 1 is 0.433 bits per heavy atom. The van der Waals surface area contributed by atoms with Gasteiger partial charge in [-0.2, -0.15) is 0 Å². The molecule has 1 rings (SSSR count). The van der Waals surface area contributed by atoms with Crippen molar-refractivity contribution in [1.82, 2.24) is 20.4 Å². The summed E-state index contributed by atoms with van der Waals surface area (Å²) in [5, 5.41) is 28.0. The van der Waals surface area contributed by atoms with E-state index in [9.17, 15) is 10.2 Å². The third kappa shape index (κ3) is 37.7. The molecule has 0 amide bonds. The number of rotatable bonds is 46. The van der Waals surface area contributed by atoms with Gasteiger partial charge in [-0.25, -0.2) is 0 Å². The van der Waals surface area contributed by atoms with Crippen LogP contribution in [0.25, 0.3) is 0 Å². The van der Waals surface area contributed by atoms with Crippen molar-refractivity contribution in [3.05, 3.63) is 24.3 Å². The molecule has 4 atom stereocenters. The van der Waals surface area contributed by atoms with E-state index < -0.39 is 0 Å². The fraction of sp³-hybridized carbons (Fsp3) is 0.923. The Balaban J connectivity index is 2.08. The van der Waals surface area contributed by atoms with Crippen molar-refractivity contribution < 1.29 is 10.2 Å². The largest absolute Gasteiger partial charge is 0.392 e. The SMILES string of the molecule is CCCCCCCCC=CCCCCCC(CCNCCCN1CCN(CCCNCCC(CCCCCC=CCCCCCCCC)CC(O)CN)CC1)CC(O)CN. The average molecular weight is 847 g/mol. The van der Waals surface area contributed by atoms with Gasteiger partial charge in [0.05, 0.1) is 12.2 Å². The molecule has 1 aliphatic rings. The molecule has 0 saturated carbocycles. The van der Waals surface area contributed by atoms with Gasteiger partial charge in [-0.3, -0.25) is 0 Å². The second-order valence-electron chi connectivity index (χ2n) is 18.8. The molecule has 8 N–H and O–H groups in total. The summed E-state index contributed by atoms with van der Waals surface area (Å²) in [6, 6.07) is 0. The number of nitrogens with two attached hydrogens (primary N) is 2. The van der Waals surface area contributed by atoms with Gasteiger partial charge in [-0.15, -0.1) is 0 Å². The monoisotopic (exact) mass is 847 g/mol. The minimum Gasteiger partial charge on any atom is -0.392 e. The van der Waals surface area contributed by atoms with E-state index in [0.717, 1.165) is 51.9 Å². The van der Waals surface area contributed by atoms with Crippen molar-refractivity contribution in [3.8, 4) is 0 Å². The molecular formula is C52H106N6O2. The Labute approximate surface area is 374 Å². The minimum absolute atomic E-state index is 0.364. The topological polar surface area (TPSA) is 123 Å². The van der Waals surface area contributed by atoms with Gasteiger partial charge in [0, 0.05) is 39.3 Å². The molecule has 0 spiro atoms. The van der Waals surface area contributed by atoms with Crippen molar-refractivity contribution in [2.75, 3.05) is 78.5 Å². The Kier molecular flexibility index (Phi) is 42.6. The molecule has 8 nitrogen and oxygen atoms in total. The lowest BCUT2D eigenvalue weighted by Crippen LogP contribution is -2.47. The summed E-state index contributed by atoms with van der Waals surface area (Å²) >= 11 is 0. The van der Waals surface area contributed by atoms with Crippen LogP contribution in [0.3, 0.4) is 0 Å². The highest BCUT2D eigenvalue weighted by Crippen LogP contribution is 2.21. The fourth-order valence-corrected chi connectivity index (χ4v) is 8.98. The number of aliphatic hydroxyl groups excluding tert-OH is 2. The highest BCUT2D eigenvalue weighted by atomic mass is 16.3. The smallest absolute Gasteiger partial charge is 0.0665 e. The van der Waals surface area contributed by atoms with E-state index in [-0.39, 0.29) is 12.2 Å². The second-order valence-corrected chi connectivity index (χ2v) is 18.8. The predicted octanol–water partition coefficient (Wildman–Crippen LogP) is 10.5. The first-order chi connectivity index (χ1) is 29.5. The van der Waals surface area contributed by atoms with Crippen LogP contribution in [0.4, 0.5) is 0 Å². The number of allylic oxidation sites excluding steroid dienone is 4. The Morgan fingerprint density at radius 2 is 0.767 bits per heavy atom. The van der Waals surface area contributed by atoms with E-state index in [0.29, 0.717) is 24.9 Å². The molecule has 356 valence electrons. The first kappa shape index (κ1) is 57.2. The van der Waals surface area contributed by atoms with Gasteiger partial charge in [0.1, 0.15) is 0 Å². The number of aliphatic hydroxyl groups is 2. The molecule has 0 aromatic heterocycles. The van der Waals surface area contributed by atoms with Gasteiger partial charge < -0.3 is 42.1 Å². The van der Waals surface area contributed by atoms with Gasteiger partial charge >= 0.3 is 0 Å². The Bertz CT molecular complexity index is 841. The van der Waals surface area contributed by atoms with E-state index in [2.05, 4.69) is 58.6 Å². The third-order valence-electron chi connectivity index (χ3n) is 13.1. The summed E-state index contributed by atoms with van der Waals surface area (Å²) in [7, 11) is 0. The van der Waals surface area contributed by atoms with Crippen LogP contribution in [0.2, 0.25) is 0 Å². The normalized spacial score (nSPS) is 16.4. The molecule has 1 saturated heterocycles. The second kappa shape index (κ2) is 44.8. The summed E-state index contributed by atoms with van der Waals surface area (Å²) in [4.78, 5) is 5.29. The van der Waals surface area contributed by atoms with Gasteiger partial charge in [0.25, 0.3) is 0 Å². The lowest BCUT2D eigenvalue weighted by molar-refractivity contribution is 0.129. The zero-order valence-corrected chi connectivity index (χ0v) is 40.3. The van der Waals surface area contributed by atoms with Crippen molar-refractivity contribution >= 4 is 0 Å². The fourth-order valence-electron chi connectivity index (χ4n) is 8.98. The lowest BCUT2D eigenvalue weighted by Gasteiger charge is -2.34. The predicted molar refractivity (Wildman–Crippen MR) is 264 cm³/mol. The summed E-state index contributed by atoms with van der Waals surface area (Å²) < 4.78 is 0. The number of piperazine rings is 1. The Hall–Kier alpha value is -0.840. The summed E-state index contributed by atoms with van der Waals surface area (Å²) in [6.07, 6.45) is 46.8. The summed E-state index contributed by atoms with van der Waals surface area (Å²) in [5.41, 5.74) is 11.6. The van der Waals surface area contributed by atoms with E-state index >= 15 is 0 Å². The molecule has 1 aliphatic heterocycles. The highest BCUT2D eigenvalue weighted by Gasteiger charge is 2.17. The van der Waals surface area contributed by atoms with Crippen LogP contribution in [0, 0.1) is 11.8 Å². The number of nitrogens with one attached hydrogen (secondary N) is 2. The molecule has 0 bridgehead atoms. The lowest BCUT2D eigenvalue weighted by atomic mass is 9.91. The molecule has 0 aromatic rings. The molecule has 4 unspecified atom stereocenters. The van der Waals surface area contributed by atoms with Crippen LogP contribution in [0.1, 0.15) is 206 Å². The molecule has 0 aliphatic carbocycles. The zero-order valence-electron chi connectivity index (χ0n) is 40.3. The molecule has 1 heterocycles. The molecule has 8 heteroatoms. The molecular weight excluding hydrogens is 741 g/mol. The third-order valence-corrected chi connectivity index (χ3v) is 13.1. The minimum atomic E-state index is -0.364. The van der Waals surface area contributed by atoms with E-state index in [1.54, 1.807) is 0 Å². The summed E-state index contributed by atoms with van der Waals surface area (Å²) in [5.74, 6) is 1.12. The van der Waals surface area contributed by atoms with Crippen molar-refractivity contribution in [1.29, 1.82) is 0 Å². The first-order valence-corrected chi connectivity index (χ1v) is 26.4. The number of unbranched alkanes of at least 4 members (excludes halogenated alkanes) is 18. The van der Waals surface area contributed by atoms with Crippen LogP contribution in [0.15, 0.2) is 24.3 Å². The van der Waals surface area contributed by atoms with Gasteiger partial charge in [0.15, 0.2) is 0 Å². The van der Waals surface area contributed by atoms with E-state index in [1.807, 2.05) is 0 Å². The standard InChI is InChI=1S/C52H106N6O2/c1-3-5-7-9-11-13-15-17-19-21-23-25-27-31-49(45-51(59)47-53)33-37-55-35-29-39-57-41-43-58(44-42-57)40-30-36-56-38-34-50(46-52(60)48-54)32-28-26-24-22-20-18-16-14-12-10-8-6-4-2/h17-20,49-52,55-56,59-60H,3-16,21-48,53-54H2,1-2H3. The van der Waals surface area contributed by atoms with Crippen LogP contribution in [-0.4, -0.2) is 111 Å². The van der Waals surface area contributed by atoms with Gasteiger partial charge in [0.2, 0.25) is 0 Å².